The van der Waals surface area contributed by atoms with Crippen LogP contribution in [0.1, 0.15) is 0 Å². The fourth-order valence-corrected chi connectivity index (χ4v) is 1.82. The van der Waals surface area contributed by atoms with Crippen LogP contribution in [0.3, 0.4) is 0 Å². The Kier molecular flexibility index (Phi) is 2.23. The molecule has 0 radical (unpaired) electrons. The van der Waals surface area contributed by atoms with E-state index < -0.39 is 0 Å². The number of hydrogen-bond donors (Lipinski definition) is 1. The molecule has 17 heavy (non-hydrogen) atoms. The zero-order valence-corrected chi connectivity index (χ0v) is 9.48. The zero-order valence-electron chi connectivity index (χ0n) is 8.72. The lowest BCUT2D eigenvalue weighted by Crippen LogP contribution is -2.07. The first-order valence-electron chi connectivity index (χ1n) is 5.07. The smallest absolute Gasteiger partial charge is 0.273 e. The second-order valence-corrected chi connectivity index (χ2v) is 4.09. The summed E-state index contributed by atoms with van der Waals surface area (Å²) in [5, 5.41) is 5.00. The van der Waals surface area contributed by atoms with Crippen LogP contribution < -0.4 is 5.56 Å². The maximum atomic E-state index is 11.5. The SMILES string of the molecule is O=c1[nH]ccn2nc(-c3ccc(Cl)cc3)cc12. The number of hydrogen-bond acceptors (Lipinski definition) is 2. The van der Waals surface area contributed by atoms with Crippen molar-refractivity contribution in [3.63, 3.8) is 0 Å². The van der Waals surface area contributed by atoms with Gasteiger partial charge in [0.2, 0.25) is 0 Å². The highest BCUT2D eigenvalue weighted by atomic mass is 35.5. The Morgan fingerprint density at radius 3 is 2.71 bits per heavy atom. The molecule has 1 aromatic carbocycles. The first-order valence-corrected chi connectivity index (χ1v) is 5.45. The molecule has 0 spiro atoms. The normalized spacial score (nSPS) is 10.9. The molecule has 0 amide bonds. The highest BCUT2D eigenvalue weighted by Gasteiger charge is 2.06. The zero-order chi connectivity index (χ0) is 11.8. The Morgan fingerprint density at radius 2 is 2.00 bits per heavy atom. The minimum atomic E-state index is -0.153. The lowest BCUT2D eigenvalue weighted by atomic mass is 10.1. The molecule has 0 fully saturated rings. The summed E-state index contributed by atoms with van der Waals surface area (Å²) in [6, 6.07) is 9.09. The van der Waals surface area contributed by atoms with Crippen molar-refractivity contribution >= 4 is 17.1 Å². The number of rotatable bonds is 1. The van der Waals surface area contributed by atoms with Crippen LogP contribution in [0.4, 0.5) is 0 Å². The molecule has 0 unspecified atom stereocenters. The number of benzene rings is 1. The summed E-state index contributed by atoms with van der Waals surface area (Å²) in [7, 11) is 0. The summed E-state index contributed by atoms with van der Waals surface area (Å²) in [5.74, 6) is 0. The van der Waals surface area contributed by atoms with Crippen molar-refractivity contribution in [3.8, 4) is 11.3 Å². The van der Waals surface area contributed by atoms with Crippen molar-refractivity contribution in [2.24, 2.45) is 0 Å². The minimum absolute atomic E-state index is 0.153. The second-order valence-electron chi connectivity index (χ2n) is 3.66. The fourth-order valence-electron chi connectivity index (χ4n) is 1.70. The average molecular weight is 246 g/mol. The molecule has 0 atom stereocenters. The van der Waals surface area contributed by atoms with Crippen LogP contribution in [0.15, 0.2) is 47.5 Å². The van der Waals surface area contributed by atoms with Crippen molar-refractivity contribution in [3.05, 3.63) is 58.1 Å². The molecule has 3 aromatic rings. The number of nitrogens with zero attached hydrogens (tertiary/aromatic N) is 2. The number of halogens is 1. The largest absolute Gasteiger partial charge is 0.326 e. The van der Waals surface area contributed by atoms with E-state index in [1.54, 1.807) is 35.1 Å². The van der Waals surface area contributed by atoms with Gasteiger partial charge in [0.25, 0.3) is 5.56 Å². The van der Waals surface area contributed by atoms with E-state index >= 15 is 0 Å². The molecular weight excluding hydrogens is 238 g/mol. The van der Waals surface area contributed by atoms with E-state index in [2.05, 4.69) is 10.1 Å². The van der Waals surface area contributed by atoms with Gasteiger partial charge in [-0.3, -0.25) is 4.79 Å². The van der Waals surface area contributed by atoms with Crippen LogP contribution in [0.5, 0.6) is 0 Å². The van der Waals surface area contributed by atoms with Crippen molar-refractivity contribution in [2.45, 2.75) is 0 Å². The van der Waals surface area contributed by atoms with Gasteiger partial charge in [-0.2, -0.15) is 5.10 Å². The Hall–Kier alpha value is -2.07. The van der Waals surface area contributed by atoms with Gasteiger partial charge in [0.1, 0.15) is 5.52 Å². The number of nitrogens with one attached hydrogen (secondary N) is 1. The molecule has 4 nitrogen and oxygen atoms in total. The van der Waals surface area contributed by atoms with Gasteiger partial charge >= 0.3 is 0 Å². The summed E-state index contributed by atoms with van der Waals surface area (Å²) in [4.78, 5) is 14.2. The minimum Gasteiger partial charge on any atom is -0.326 e. The first-order chi connectivity index (χ1) is 8.24. The predicted octanol–water partition coefficient (Wildman–Crippen LogP) is 2.34. The summed E-state index contributed by atoms with van der Waals surface area (Å²) >= 11 is 5.82. The van der Waals surface area contributed by atoms with Crippen molar-refractivity contribution in [1.82, 2.24) is 14.6 Å². The Labute approximate surface area is 101 Å². The molecule has 0 saturated heterocycles. The highest BCUT2D eigenvalue weighted by Crippen LogP contribution is 2.20. The molecule has 2 aromatic heterocycles. The fraction of sp³-hybridized carbons (Fsp3) is 0. The van der Waals surface area contributed by atoms with Gasteiger partial charge in [-0.15, -0.1) is 0 Å². The monoisotopic (exact) mass is 245 g/mol. The maximum Gasteiger partial charge on any atom is 0.273 e. The van der Waals surface area contributed by atoms with Crippen molar-refractivity contribution < 1.29 is 0 Å². The van der Waals surface area contributed by atoms with E-state index in [1.165, 1.54) is 0 Å². The Morgan fingerprint density at radius 1 is 1.24 bits per heavy atom. The molecule has 0 aliphatic heterocycles. The number of aromatic amines is 1. The summed E-state index contributed by atoms with van der Waals surface area (Å²) in [6.45, 7) is 0. The van der Waals surface area contributed by atoms with Crippen LogP contribution in [-0.4, -0.2) is 14.6 Å². The van der Waals surface area contributed by atoms with Crippen LogP contribution in [0, 0.1) is 0 Å². The maximum absolute atomic E-state index is 11.5. The molecule has 0 aliphatic rings. The first kappa shape index (κ1) is 10.1. The third-order valence-electron chi connectivity index (χ3n) is 2.54. The van der Waals surface area contributed by atoms with Gasteiger partial charge in [-0.1, -0.05) is 23.7 Å². The molecule has 0 bridgehead atoms. The van der Waals surface area contributed by atoms with E-state index in [0.717, 1.165) is 11.3 Å². The lowest BCUT2D eigenvalue weighted by Gasteiger charge is -1.95. The Balaban J connectivity index is 2.21. The number of fused-ring (bicyclic) bond motifs is 1. The predicted molar refractivity (Wildman–Crippen MR) is 66.3 cm³/mol. The highest BCUT2D eigenvalue weighted by molar-refractivity contribution is 6.30. The Bertz CT molecular complexity index is 727. The molecule has 84 valence electrons. The van der Waals surface area contributed by atoms with E-state index in [-0.39, 0.29) is 5.56 Å². The van der Waals surface area contributed by atoms with E-state index in [9.17, 15) is 4.79 Å². The topological polar surface area (TPSA) is 50.2 Å². The number of H-pyrrole nitrogens is 1. The summed E-state index contributed by atoms with van der Waals surface area (Å²) in [6.07, 6.45) is 3.27. The third-order valence-corrected chi connectivity index (χ3v) is 2.79. The van der Waals surface area contributed by atoms with Crippen LogP contribution in [-0.2, 0) is 0 Å². The molecule has 0 saturated carbocycles. The quantitative estimate of drug-likeness (QED) is 0.715. The van der Waals surface area contributed by atoms with Crippen LogP contribution in [0.2, 0.25) is 5.02 Å². The van der Waals surface area contributed by atoms with Gasteiger partial charge in [-0.25, -0.2) is 4.52 Å². The number of aromatic nitrogens is 3. The van der Waals surface area contributed by atoms with Gasteiger partial charge in [0, 0.05) is 23.0 Å². The third kappa shape index (κ3) is 1.72. The van der Waals surface area contributed by atoms with E-state index in [1.807, 2.05) is 12.1 Å². The average Bonchev–Trinajstić information content (AvgIpc) is 2.75. The molecule has 3 rings (SSSR count). The van der Waals surface area contributed by atoms with E-state index in [0.29, 0.717) is 10.5 Å². The summed E-state index contributed by atoms with van der Waals surface area (Å²) in [5.41, 5.74) is 2.05. The van der Waals surface area contributed by atoms with Crippen molar-refractivity contribution in [2.75, 3.05) is 0 Å². The van der Waals surface area contributed by atoms with Gasteiger partial charge in [-0.05, 0) is 18.2 Å². The van der Waals surface area contributed by atoms with E-state index in [4.69, 9.17) is 11.6 Å². The van der Waals surface area contributed by atoms with Crippen LogP contribution >= 0.6 is 11.6 Å². The lowest BCUT2D eigenvalue weighted by molar-refractivity contribution is 0.940. The van der Waals surface area contributed by atoms with Gasteiger partial charge in [0.05, 0.1) is 5.69 Å². The summed E-state index contributed by atoms with van der Waals surface area (Å²) < 4.78 is 1.56. The molecule has 2 heterocycles. The molecule has 5 heteroatoms. The molecular formula is C12H8ClN3O. The molecule has 0 aliphatic carbocycles. The van der Waals surface area contributed by atoms with Gasteiger partial charge < -0.3 is 4.98 Å². The van der Waals surface area contributed by atoms with Crippen molar-refractivity contribution in [1.29, 1.82) is 0 Å². The second kappa shape index (κ2) is 3.75. The van der Waals surface area contributed by atoms with Gasteiger partial charge in [0.15, 0.2) is 0 Å². The van der Waals surface area contributed by atoms with Crippen LogP contribution in [0.25, 0.3) is 16.8 Å². The molecule has 1 N–H and O–H groups in total. The standard InChI is InChI=1S/C12H8ClN3O/c13-9-3-1-8(2-4-9)10-7-11-12(17)14-5-6-16(11)15-10/h1-7H,(H,14,17).